The molecule has 2 heterocycles. The Hall–Kier alpha value is -3.28. The molecule has 0 amide bonds. The van der Waals surface area contributed by atoms with E-state index >= 15 is 0 Å². The Balaban J connectivity index is 1.58. The standard InChI is InChI=1S/C21H17FN4O/c22-15-10-8-14(9-11-15)19-18-20(23-12-24-21(18)27-26-19)25-17-7-3-5-13-4-1-2-6-16(13)17/h1-2,4,6,8-12,17H,3,5,7H2,(H,23,24,25)/t17-/m1/s1. The molecular weight excluding hydrogens is 343 g/mol. The first-order chi connectivity index (χ1) is 13.3. The molecule has 0 radical (unpaired) electrons. The minimum absolute atomic E-state index is 0.170. The number of nitrogens with one attached hydrogen (secondary N) is 1. The summed E-state index contributed by atoms with van der Waals surface area (Å²) < 4.78 is 18.7. The summed E-state index contributed by atoms with van der Waals surface area (Å²) >= 11 is 0. The Kier molecular flexibility index (Phi) is 3.81. The maximum absolute atomic E-state index is 13.3. The first kappa shape index (κ1) is 15.9. The predicted molar refractivity (Wildman–Crippen MR) is 101 cm³/mol. The quantitative estimate of drug-likeness (QED) is 0.562. The van der Waals surface area contributed by atoms with E-state index in [1.807, 2.05) is 0 Å². The summed E-state index contributed by atoms with van der Waals surface area (Å²) in [4.78, 5) is 8.64. The number of aromatic nitrogens is 3. The van der Waals surface area contributed by atoms with Crippen molar-refractivity contribution >= 4 is 16.9 Å². The fraction of sp³-hybridized carbons (Fsp3) is 0.190. The Bertz CT molecular complexity index is 1110. The normalized spacial score (nSPS) is 16.3. The Morgan fingerprint density at radius 1 is 1.04 bits per heavy atom. The Morgan fingerprint density at radius 3 is 2.78 bits per heavy atom. The molecule has 0 saturated carbocycles. The molecule has 0 spiro atoms. The highest BCUT2D eigenvalue weighted by molar-refractivity contribution is 5.97. The van der Waals surface area contributed by atoms with Gasteiger partial charge in [0.1, 0.15) is 29.0 Å². The summed E-state index contributed by atoms with van der Waals surface area (Å²) in [5.74, 6) is 0.391. The average molecular weight is 360 g/mol. The summed E-state index contributed by atoms with van der Waals surface area (Å²) in [7, 11) is 0. The SMILES string of the molecule is Fc1ccc(-c2noc3ncnc(N[C@@H]4CCCc5ccccc54)c23)cc1. The van der Waals surface area contributed by atoms with Gasteiger partial charge in [-0.05, 0) is 54.7 Å². The van der Waals surface area contributed by atoms with E-state index in [4.69, 9.17) is 4.52 Å². The monoisotopic (exact) mass is 360 g/mol. The number of rotatable bonds is 3. The Labute approximate surface area is 155 Å². The molecule has 27 heavy (non-hydrogen) atoms. The molecule has 1 aliphatic carbocycles. The molecule has 0 aliphatic heterocycles. The highest BCUT2D eigenvalue weighted by Gasteiger charge is 2.23. The van der Waals surface area contributed by atoms with Crippen LogP contribution in [0.4, 0.5) is 10.2 Å². The van der Waals surface area contributed by atoms with Gasteiger partial charge in [-0.2, -0.15) is 4.98 Å². The van der Waals surface area contributed by atoms with E-state index in [1.54, 1.807) is 12.1 Å². The molecule has 4 aromatic rings. The van der Waals surface area contributed by atoms with E-state index < -0.39 is 0 Å². The Morgan fingerprint density at radius 2 is 1.89 bits per heavy atom. The third kappa shape index (κ3) is 2.83. The molecule has 1 N–H and O–H groups in total. The smallest absolute Gasteiger partial charge is 0.263 e. The zero-order valence-electron chi connectivity index (χ0n) is 14.5. The average Bonchev–Trinajstić information content (AvgIpc) is 3.14. The van der Waals surface area contributed by atoms with Crippen LogP contribution in [-0.4, -0.2) is 15.1 Å². The topological polar surface area (TPSA) is 63.8 Å². The van der Waals surface area contributed by atoms with Crippen molar-refractivity contribution in [2.45, 2.75) is 25.3 Å². The summed E-state index contributed by atoms with van der Waals surface area (Å²) in [6, 6.07) is 14.8. The van der Waals surface area contributed by atoms with E-state index in [0.29, 0.717) is 22.6 Å². The largest absolute Gasteiger partial charge is 0.362 e. The van der Waals surface area contributed by atoms with Crippen molar-refractivity contribution in [1.29, 1.82) is 0 Å². The van der Waals surface area contributed by atoms with Crippen LogP contribution in [0, 0.1) is 5.82 Å². The molecule has 0 unspecified atom stereocenters. The number of halogens is 1. The lowest BCUT2D eigenvalue weighted by molar-refractivity contribution is 0.451. The van der Waals surface area contributed by atoms with E-state index in [9.17, 15) is 4.39 Å². The number of nitrogens with zero attached hydrogens (tertiary/aromatic N) is 3. The lowest BCUT2D eigenvalue weighted by Crippen LogP contribution is -2.18. The predicted octanol–water partition coefficient (Wildman–Crippen LogP) is 4.91. The van der Waals surface area contributed by atoms with Crippen LogP contribution in [0.5, 0.6) is 0 Å². The van der Waals surface area contributed by atoms with E-state index in [2.05, 4.69) is 44.7 Å². The molecule has 0 saturated heterocycles. The van der Waals surface area contributed by atoms with Crippen molar-refractivity contribution in [3.8, 4) is 11.3 Å². The first-order valence-electron chi connectivity index (χ1n) is 9.00. The van der Waals surface area contributed by atoms with E-state index in [-0.39, 0.29) is 11.9 Å². The maximum Gasteiger partial charge on any atom is 0.263 e. The van der Waals surface area contributed by atoms with Crippen LogP contribution in [0.1, 0.15) is 30.0 Å². The molecule has 1 aliphatic rings. The van der Waals surface area contributed by atoms with Gasteiger partial charge in [-0.3, -0.25) is 0 Å². The van der Waals surface area contributed by atoms with Gasteiger partial charge in [-0.25, -0.2) is 9.37 Å². The van der Waals surface area contributed by atoms with Crippen molar-refractivity contribution in [2.24, 2.45) is 0 Å². The van der Waals surface area contributed by atoms with Crippen molar-refractivity contribution in [3.05, 3.63) is 71.8 Å². The van der Waals surface area contributed by atoms with Crippen molar-refractivity contribution in [3.63, 3.8) is 0 Å². The fourth-order valence-electron chi connectivity index (χ4n) is 3.77. The number of benzene rings is 2. The van der Waals surface area contributed by atoms with Gasteiger partial charge in [-0.15, -0.1) is 0 Å². The molecule has 5 rings (SSSR count). The second-order valence-electron chi connectivity index (χ2n) is 6.73. The minimum atomic E-state index is -0.292. The third-order valence-electron chi connectivity index (χ3n) is 5.07. The minimum Gasteiger partial charge on any atom is -0.362 e. The van der Waals surface area contributed by atoms with Crippen LogP contribution in [0.3, 0.4) is 0 Å². The van der Waals surface area contributed by atoms with Crippen LogP contribution in [0.15, 0.2) is 59.4 Å². The van der Waals surface area contributed by atoms with Gasteiger partial charge >= 0.3 is 0 Å². The van der Waals surface area contributed by atoms with Gasteiger partial charge in [0, 0.05) is 5.56 Å². The van der Waals surface area contributed by atoms with Gasteiger partial charge in [-0.1, -0.05) is 29.4 Å². The number of fused-ring (bicyclic) bond motifs is 2. The summed E-state index contributed by atoms with van der Waals surface area (Å²) in [6.07, 6.45) is 4.72. The highest BCUT2D eigenvalue weighted by atomic mass is 19.1. The van der Waals surface area contributed by atoms with Gasteiger partial charge in [0.15, 0.2) is 0 Å². The third-order valence-corrected chi connectivity index (χ3v) is 5.07. The zero-order chi connectivity index (χ0) is 18.2. The van der Waals surface area contributed by atoms with Crippen molar-refractivity contribution in [1.82, 2.24) is 15.1 Å². The second kappa shape index (κ2) is 6.46. The highest BCUT2D eigenvalue weighted by Crippen LogP contribution is 2.36. The molecular formula is C21H17FN4O. The summed E-state index contributed by atoms with van der Waals surface area (Å²) in [6.45, 7) is 0. The van der Waals surface area contributed by atoms with Crippen LogP contribution in [0.25, 0.3) is 22.4 Å². The molecule has 2 aromatic carbocycles. The molecule has 0 bridgehead atoms. The van der Waals surface area contributed by atoms with Gasteiger partial charge in [0.2, 0.25) is 0 Å². The van der Waals surface area contributed by atoms with E-state index in [1.165, 1.54) is 29.6 Å². The second-order valence-corrected chi connectivity index (χ2v) is 6.73. The van der Waals surface area contributed by atoms with Crippen molar-refractivity contribution in [2.75, 3.05) is 5.32 Å². The fourth-order valence-corrected chi connectivity index (χ4v) is 3.77. The van der Waals surface area contributed by atoms with Gasteiger partial charge < -0.3 is 9.84 Å². The summed E-state index contributed by atoms with van der Waals surface area (Å²) in [5, 5.41) is 8.43. The zero-order valence-corrected chi connectivity index (χ0v) is 14.5. The maximum atomic E-state index is 13.3. The number of hydrogen-bond donors (Lipinski definition) is 1. The molecule has 0 fully saturated rings. The number of hydrogen-bond acceptors (Lipinski definition) is 5. The first-order valence-corrected chi connectivity index (χ1v) is 9.00. The van der Waals surface area contributed by atoms with Crippen LogP contribution in [0.2, 0.25) is 0 Å². The summed E-state index contributed by atoms with van der Waals surface area (Å²) in [5.41, 5.74) is 4.45. The lowest BCUT2D eigenvalue weighted by Gasteiger charge is -2.26. The molecule has 6 heteroatoms. The van der Waals surface area contributed by atoms with Crippen LogP contribution in [-0.2, 0) is 6.42 Å². The van der Waals surface area contributed by atoms with Gasteiger partial charge in [0.25, 0.3) is 5.71 Å². The molecule has 2 aromatic heterocycles. The number of aryl methyl sites for hydroxylation is 1. The van der Waals surface area contributed by atoms with E-state index in [0.717, 1.165) is 24.8 Å². The van der Waals surface area contributed by atoms with Crippen molar-refractivity contribution < 1.29 is 8.91 Å². The van der Waals surface area contributed by atoms with Crippen LogP contribution >= 0.6 is 0 Å². The molecule has 1 atom stereocenters. The molecule has 5 nitrogen and oxygen atoms in total. The van der Waals surface area contributed by atoms with Gasteiger partial charge in [0.05, 0.1) is 6.04 Å². The molecule has 134 valence electrons. The van der Waals surface area contributed by atoms with Crippen LogP contribution < -0.4 is 5.32 Å². The number of anilines is 1. The lowest BCUT2D eigenvalue weighted by atomic mass is 9.87.